The molecule has 1 aromatic rings. The third-order valence-electron chi connectivity index (χ3n) is 2.80. The summed E-state index contributed by atoms with van der Waals surface area (Å²) in [5.74, 6) is 1.92. The van der Waals surface area contributed by atoms with Gasteiger partial charge in [0.15, 0.2) is 0 Å². The molecule has 0 saturated heterocycles. The van der Waals surface area contributed by atoms with Crippen molar-refractivity contribution >= 4 is 18.0 Å². The lowest BCUT2D eigenvalue weighted by molar-refractivity contribution is 0.544. The van der Waals surface area contributed by atoms with Crippen LogP contribution < -0.4 is 5.32 Å². The fraction of sp³-hybridized carbons (Fsp3) is 0.714. The first-order valence-corrected chi connectivity index (χ1v) is 7.20. The molecule has 3 nitrogen and oxygen atoms in total. The minimum Gasteiger partial charge on any atom is -0.372 e. The second kappa shape index (κ2) is 6.88. The average molecular weight is 267 g/mol. The molecule has 0 aliphatic carbocycles. The Kier molecular flexibility index (Phi) is 5.79. The van der Waals surface area contributed by atoms with Crippen LogP contribution in [0.2, 0.25) is 0 Å². The fourth-order valence-electron chi connectivity index (χ4n) is 1.68. The van der Waals surface area contributed by atoms with E-state index in [1.807, 2.05) is 6.07 Å². The lowest BCUT2D eigenvalue weighted by atomic mass is 9.96. The number of hydrogen-bond acceptors (Lipinski definition) is 3. The van der Waals surface area contributed by atoms with Crippen molar-refractivity contribution in [1.82, 2.24) is 9.97 Å². The summed E-state index contributed by atoms with van der Waals surface area (Å²) >= 11 is 5.21. The van der Waals surface area contributed by atoms with E-state index in [2.05, 4.69) is 43.0 Å². The predicted molar refractivity (Wildman–Crippen MR) is 80.8 cm³/mol. The summed E-state index contributed by atoms with van der Waals surface area (Å²) in [6.45, 7) is 9.60. The van der Waals surface area contributed by atoms with Gasteiger partial charge in [0.25, 0.3) is 0 Å². The molecule has 0 spiro atoms. The highest BCUT2D eigenvalue weighted by molar-refractivity contribution is 7.71. The number of unbranched alkanes of at least 4 members (excludes halogenated alkanes) is 3. The molecule has 0 bridgehead atoms. The molecule has 2 N–H and O–H groups in total. The summed E-state index contributed by atoms with van der Waals surface area (Å²) in [6.07, 6.45) is 5.05. The van der Waals surface area contributed by atoms with Gasteiger partial charge in [-0.3, -0.25) is 0 Å². The van der Waals surface area contributed by atoms with E-state index >= 15 is 0 Å². The first kappa shape index (κ1) is 15.2. The molecule has 0 unspecified atom stereocenters. The monoisotopic (exact) mass is 267 g/mol. The van der Waals surface area contributed by atoms with Gasteiger partial charge < -0.3 is 10.3 Å². The van der Waals surface area contributed by atoms with Gasteiger partial charge in [0.2, 0.25) is 0 Å². The lowest BCUT2D eigenvalue weighted by Crippen LogP contribution is -2.17. The molecule has 0 radical (unpaired) electrons. The fourth-order valence-corrected chi connectivity index (χ4v) is 1.89. The van der Waals surface area contributed by atoms with Gasteiger partial charge in [-0.2, -0.15) is 0 Å². The number of anilines is 1. The van der Waals surface area contributed by atoms with Crippen molar-refractivity contribution in [3.8, 4) is 0 Å². The van der Waals surface area contributed by atoms with Gasteiger partial charge >= 0.3 is 0 Å². The minimum atomic E-state index is -0.00649. The molecule has 0 fully saturated rings. The molecular formula is C14H25N3S. The first-order chi connectivity index (χ1) is 8.43. The van der Waals surface area contributed by atoms with E-state index in [0.29, 0.717) is 4.64 Å². The Morgan fingerprint density at radius 1 is 1.28 bits per heavy atom. The first-order valence-electron chi connectivity index (χ1n) is 6.79. The van der Waals surface area contributed by atoms with E-state index in [9.17, 15) is 0 Å². The number of nitrogens with zero attached hydrogens (tertiary/aromatic N) is 1. The topological polar surface area (TPSA) is 40.7 Å². The second-order valence-corrected chi connectivity index (χ2v) is 6.14. The molecule has 0 atom stereocenters. The number of aromatic nitrogens is 2. The molecule has 4 heteroatoms. The maximum Gasteiger partial charge on any atom is 0.131 e. The van der Waals surface area contributed by atoms with Crippen LogP contribution in [0.15, 0.2) is 6.07 Å². The third kappa shape index (κ3) is 5.17. The number of aromatic amines is 1. The predicted octanol–water partition coefficient (Wildman–Crippen LogP) is 4.43. The second-order valence-electron chi connectivity index (χ2n) is 5.72. The highest BCUT2D eigenvalue weighted by Crippen LogP contribution is 2.19. The maximum atomic E-state index is 5.21. The zero-order valence-corrected chi connectivity index (χ0v) is 12.8. The smallest absolute Gasteiger partial charge is 0.131 e. The Balaban J connectivity index is 2.61. The van der Waals surface area contributed by atoms with Crippen LogP contribution in [0.4, 0.5) is 5.82 Å². The summed E-state index contributed by atoms with van der Waals surface area (Å²) in [6, 6.07) is 1.89. The molecule has 18 heavy (non-hydrogen) atoms. The summed E-state index contributed by atoms with van der Waals surface area (Å²) in [5.41, 5.74) is -0.00649. The van der Waals surface area contributed by atoms with E-state index in [1.165, 1.54) is 25.7 Å². The van der Waals surface area contributed by atoms with Gasteiger partial charge in [0.05, 0.1) is 0 Å². The van der Waals surface area contributed by atoms with E-state index in [0.717, 1.165) is 18.2 Å². The average Bonchev–Trinajstić information content (AvgIpc) is 2.27. The molecule has 0 aliphatic rings. The maximum absolute atomic E-state index is 5.21. The highest BCUT2D eigenvalue weighted by atomic mass is 32.1. The van der Waals surface area contributed by atoms with Crippen molar-refractivity contribution < 1.29 is 0 Å². The molecule has 1 rings (SSSR count). The Morgan fingerprint density at radius 3 is 2.61 bits per heavy atom. The van der Waals surface area contributed by atoms with Gasteiger partial charge in [0.1, 0.15) is 16.3 Å². The summed E-state index contributed by atoms with van der Waals surface area (Å²) < 4.78 is 0.648. The Labute approximate surface area is 115 Å². The van der Waals surface area contributed by atoms with Crippen LogP contribution in [-0.4, -0.2) is 16.5 Å². The zero-order chi connectivity index (χ0) is 13.6. The zero-order valence-electron chi connectivity index (χ0n) is 12.0. The Bertz CT molecular complexity index is 418. The molecule has 1 aromatic heterocycles. The van der Waals surface area contributed by atoms with Crippen molar-refractivity contribution in [3.05, 3.63) is 16.5 Å². The van der Waals surface area contributed by atoms with Crippen LogP contribution in [0.3, 0.4) is 0 Å². The van der Waals surface area contributed by atoms with E-state index in [1.54, 1.807) is 0 Å². The SMILES string of the molecule is CCCCCCNc1cc(=S)nc(C(C)(C)C)[nH]1. The molecule has 1 heterocycles. The van der Waals surface area contributed by atoms with E-state index in [-0.39, 0.29) is 5.41 Å². The normalized spacial score (nSPS) is 11.6. The summed E-state index contributed by atoms with van der Waals surface area (Å²) in [7, 11) is 0. The quantitative estimate of drug-likeness (QED) is 0.592. The van der Waals surface area contributed by atoms with Crippen molar-refractivity contribution in [2.45, 2.75) is 58.8 Å². The largest absolute Gasteiger partial charge is 0.372 e. The van der Waals surface area contributed by atoms with Gasteiger partial charge in [-0.1, -0.05) is 59.2 Å². The van der Waals surface area contributed by atoms with Crippen molar-refractivity contribution in [1.29, 1.82) is 0 Å². The van der Waals surface area contributed by atoms with Crippen molar-refractivity contribution in [2.75, 3.05) is 11.9 Å². The van der Waals surface area contributed by atoms with E-state index in [4.69, 9.17) is 12.2 Å². The summed E-state index contributed by atoms with van der Waals surface area (Å²) in [5, 5.41) is 3.39. The highest BCUT2D eigenvalue weighted by Gasteiger charge is 2.16. The minimum absolute atomic E-state index is 0.00649. The number of hydrogen-bond donors (Lipinski definition) is 2. The third-order valence-corrected chi connectivity index (χ3v) is 3.01. The molecule has 0 aliphatic heterocycles. The lowest BCUT2D eigenvalue weighted by Gasteiger charge is -2.18. The van der Waals surface area contributed by atoms with Gasteiger partial charge in [-0.05, 0) is 6.42 Å². The van der Waals surface area contributed by atoms with Gasteiger partial charge in [-0.15, -0.1) is 0 Å². The van der Waals surface area contributed by atoms with Crippen LogP contribution >= 0.6 is 12.2 Å². The number of nitrogens with one attached hydrogen (secondary N) is 2. The molecule has 0 saturated carbocycles. The molecule has 102 valence electrons. The standard InChI is InChI=1S/C14H25N3S/c1-5-6-7-8-9-15-11-10-12(18)17-13(16-11)14(2,3)4/h10H,5-9H2,1-4H3,(H2,15,16,17,18). The molecule has 0 amide bonds. The van der Waals surface area contributed by atoms with Crippen LogP contribution in [0, 0.1) is 4.64 Å². The number of H-pyrrole nitrogens is 1. The van der Waals surface area contributed by atoms with Gasteiger partial charge in [0, 0.05) is 18.0 Å². The number of rotatable bonds is 6. The van der Waals surface area contributed by atoms with Crippen LogP contribution in [-0.2, 0) is 5.41 Å². The van der Waals surface area contributed by atoms with Crippen LogP contribution in [0.5, 0.6) is 0 Å². The van der Waals surface area contributed by atoms with Gasteiger partial charge in [-0.25, -0.2) is 4.98 Å². The van der Waals surface area contributed by atoms with Crippen molar-refractivity contribution in [3.63, 3.8) is 0 Å². The molecular weight excluding hydrogens is 242 g/mol. The summed E-state index contributed by atoms with van der Waals surface area (Å²) in [4.78, 5) is 7.71. The van der Waals surface area contributed by atoms with Crippen LogP contribution in [0.25, 0.3) is 0 Å². The van der Waals surface area contributed by atoms with E-state index < -0.39 is 0 Å². The Morgan fingerprint density at radius 2 is 2.00 bits per heavy atom. The van der Waals surface area contributed by atoms with Crippen LogP contribution in [0.1, 0.15) is 59.2 Å². The Hall–Kier alpha value is -0.900. The van der Waals surface area contributed by atoms with Crippen molar-refractivity contribution in [2.24, 2.45) is 0 Å². The molecule has 0 aromatic carbocycles.